The van der Waals surface area contributed by atoms with Crippen LogP contribution in [0.25, 0.3) is 0 Å². The molecule has 3 aliphatic rings. The molecule has 0 radical (unpaired) electrons. The number of piperidine rings is 1. The molecule has 2 aromatic rings. The predicted octanol–water partition coefficient (Wildman–Crippen LogP) is 5.67. The molecule has 204 valence electrons. The van der Waals surface area contributed by atoms with Gasteiger partial charge in [0.1, 0.15) is 11.4 Å². The van der Waals surface area contributed by atoms with E-state index in [1.165, 1.54) is 44.9 Å². The zero-order chi connectivity index (χ0) is 26.4. The molecule has 4 N–H and O–H groups in total. The topological polar surface area (TPSA) is 125 Å². The molecule has 0 aromatic carbocycles. The lowest BCUT2D eigenvalue weighted by Crippen LogP contribution is -2.49. The van der Waals surface area contributed by atoms with Crippen LogP contribution in [0.5, 0.6) is 0 Å². The first-order valence-electron chi connectivity index (χ1n) is 14.6. The molecule has 0 bridgehead atoms. The third-order valence-electron chi connectivity index (χ3n) is 8.89. The van der Waals surface area contributed by atoms with Gasteiger partial charge < -0.3 is 21.3 Å². The first kappa shape index (κ1) is 26.3. The monoisotopic (exact) mass is 518 g/mol. The van der Waals surface area contributed by atoms with Crippen LogP contribution < -0.4 is 21.3 Å². The first-order valence-corrected chi connectivity index (χ1v) is 14.6. The van der Waals surface area contributed by atoms with Crippen LogP contribution in [0.1, 0.15) is 100 Å². The van der Waals surface area contributed by atoms with E-state index in [1.807, 2.05) is 10.7 Å². The quantitative estimate of drug-likeness (QED) is 0.476. The molecule has 2 aliphatic heterocycles. The number of nitrogens with zero attached hydrogens (tertiary/aromatic N) is 5. The molecular formula is C29H42N8O. The van der Waals surface area contributed by atoms with Crippen molar-refractivity contribution in [2.45, 2.75) is 95.4 Å². The summed E-state index contributed by atoms with van der Waals surface area (Å²) in [5, 5.41) is 21.1. The summed E-state index contributed by atoms with van der Waals surface area (Å²) in [7, 11) is 0. The number of nitrogen functional groups attached to an aromatic ring is 1. The summed E-state index contributed by atoms with van der Waals surface area (Å²) in [4.78, 5) is 20.4. The van der Waals surface area contributed by atoms with Crippen LogP contribution in [0.4, 0.5) is 23.0 Å². The third kappa shape index (κ3) is 5.31. The number of anilines is 4. The zero-order valence-corrected chi connectivity index (χ0v) is 22.6. The minimum absolute atomic E-state index is 0.125. The number of hydrogen-bond acceptors (Lipinski definition) is 7. The van der Waals surface area contributed by atoms with Crippen molar-refractivity contribution >= 4 is 28.9 Å². The van der Waals surface area contributed by atoms with Gasteiger partial charge in [0.2, 0.25) is 0 Å². The molecule has 1 saturated carbocycles. The molecular weight excluding hydrogens is 476 g/mol. The van der Waals surface area contributed by atoms with Gasteiger partial charge >= 0.3 is 0 Å². The Morgan fingerprint density at radius 2 is 1.74 bits per heavy atom. The Morgan fingerprint density at radius 1 is 1.08 bits per heavy atom. The number of aromatic nitrogens is 3. The van der Waals surface area contributed by atoms with Crippen LogP contribution in [0.3, 0.4) is 0 Å². The van der Waals surface area contributed by atoms with E-state index in [9.17, 15) is 10.1 Å². The van der Waals surface area contributed by atoms with Gasteiger partial charge in [-0.3, -0.25) is 9.78 Å². The lowest BCUT2D eigenvalue weighted by atomic mass is 9.73. The highest BCUT2D eigenvalue weighted by Crippen LogP contribution is 2.46. The van der Waals surface area contributed by atoms with Gasteiger partial charge in [-0.25, -0.2) is 4.68 Å². The molecule has 9 nitrogen and oxygen atoms in total. The number of fused-ring (bicyclic) bond motifs is 2. The maximum absolute atomic E-state index is 13.8. The van der Waals surface area contributed by atoms with Crippen LogP contribution in [0.2, 0.25) is 0 Å². The Balaban J connectivity index is 1.47. The fourth-order valence-corrected chi connectivity index (χ4v) is 6.85. The van der Waals surface area contributed by atoms with E-state index in [-0.39, 0.29) is 23.2 Å². The van der Waals surface area contributed by atoms with Gasteiger partial charge in [0.15, 0.2) is 5.82 Å². The Hall–Kier alpha value is -3.28. The summed E-state index contributed by atoms with van der Waals surface area (Å²) in [6, 6.07) is 4.40. The number of nitrogens with one attached hydrogen (secondary N) is 2. The largest absolute Gasteiger partial charge is 0.381 e. The van der Waals surface area contributed by atoms with Gasteiger partial charge in [-0.05, 0) is 38.2 Å². The van der Waals surface area contributed by atoms with Gasteiger partial charge in [-0.2, -0.15) is 10.4 Å². The minimum atomic E-state index is -0.305. The standard InChI is InChI=1S/C29H42N8O/c30-16-12-22-20-33-27-25(28(38)34-23-21-32-17-13-24(23)36-18-10-7-11-19-36)26(31)35-37(27)29(22)14-8-5-3-1-2-4-6-9-15-29/h13,17,21-22,33H,1-12,14-15,18-20H2,(H2,31,35)(H,34,38). The van der Waals surface area contributed by atoms with Gasteiger partial charge in [-0.15, -0.1) is 0 Å². The van der Waals surface area contributed by atoms with E-state index in [2.05, 4.69) is 26.6 Å². The summed E-state index contributed by atoms with van der Waals surface area (Å²) in [6.45, 7) is 2.59. The smallest absolute Gasteiger partial charge is 0.263 e. The lowest BCUT2D eigenvalue weighted by molar-refractivity contribution is 0.102. The molecule has 2 aromatic heterocycles. The number of nitriles is 1. The van der Waals surface area contributed by atoms with Crippen molar-refractivity contribution in [3.63, 3.8) is 0 Å². The maximum atomic E-state index is 13.8. The SMILES string of the molecule is N#CCC1CNc2c(C(=O)Nc3cnccc3N3CCCCC3)c(N)nn2C12CCCCCCCCCC2. The van der Waals surface area contributed by atoms with Crippen molar-refractivity contribution < 1.29 is 4.79 Å². The first-order chi connectivity index (χ1) is 18.6. The number of pyridine rings is 1. The Bertz CT molecular complexity index is 1130. The fourth-order valence-electron chi connectivity index (χ4n) is 6.85. The summed E-state index contributed by atoms with van der Waals surface area (Å²) in [6.07, 6.45) is 19.1. The molecule has 1 spiro atoms. The van der Waals surface area contributed by atoms with E-state index in [0.717, 1.165) is 57.3 Å². The van der Waals surface area contributed by atoms with Crippen molar-refractivity contribution in [3.05, 3.63) is 24.0 Å². The van der Waals surface area contributed by atoms with Crippen LogP contribution in [0.15, 0.2) is 18.5 Å². The maximum Gasteiger partial charge on any atom is 0.263 e. The van der Waals surface area contributed by atoms with Crippen molar-refractivity contribution in [3.8, 4) is 6.07 Å². The van der Waals surface area contributed by atoms with E-state index < -0.39 is 0 Å². The average Bonchev–Trinajstić information content (AvgIpc) is 3.26. The third-order valence-corrected chi connectivity index (χ3v) is 8.89. The molecule has 4 heterocycles. The van der Waals surface area contributed by atoms with E-state index in [4.69, 9.17) is 10.8 Å². The Kier molecular flexibility index (Phi) is 8.35. The van der Waals surface area contributed by atoms with Crippen LogP contribution in [-0.4, -0.2) is 40.3 Å². The van der Waals surface area contributed by atoms with Crippen molar-refractivity contribution in [2.24, 2.45) is 5.92 Å². The Morgan fingerprint density at radius 3 is 2.42 bits per heavy atom. The minimum Gasteiger partial charge on any atom is -0.381 e. The molecule has 9 heteroatoms. The molecule has 1 saturated heterocycles. The number of hydrogen-bond donors (Lipinski definition) is 3. The second-order valence-corrected chi connectivity index (χ2v) is 11.3. The van der Waals surface area contributed by atoms with Gasteiger partial charge in [0.25, 0.3) is 5.91 Å². The summed E-state index contributed by atoms with van der Waals surface area (Å²) in [5.74, 6) is 0.778. The zero-order valence-electron chi connectivity index (χ0n) is 22.6. The molecule has 1 amide bonds. The van der Waals surface area contributed by atoms with Crippen LogP contribution in [0, 0.1) is 17.2 Å². The number of carbonyl (C=O) groups excluding carboxylic acids is 1. The highest BCUT2D eigenvalue weighted by atomic mass is 16.1. The van der Waals surface area contributed by atoms with Crippen molar-refractivity contribution in [1.82, 2.24) is 14.8 Å². The van der Waals surface area contributed by atoms with Gasteiger partial charge in [0.05, 0.1) is 29.2 Å². The normalized spacial score (nSPS) is 22.0. The average molecular weight is 519 g/mol. The lowest BCUT2D eigenvalue weighted by Gasteiger charge is -2.45. The molecule has 1 unspecified atom stereocenters. The number of nitrogens with two attached hydrogens (primary N) is 1. The van der Waals surface area contributed by atoms with Crippen LogP contribution in [-0.2, 0) is 5.54 Å². The summed E-state index contributed by atoms with van der Waals surface area (Å²) in [5.41, 5.74) is 8.27. The highest BCUT2D eigenvalue weighted by molar-refractivity contribution is 6.12. The summed E-state index contributed by atoms with van der Waals surface area (Å²) < 4.78 is 2.01. The number of rotatable bonds is 4. The second-order valence-electron chi connectivity index (χ2n) is 11.3. The molecule has 2 fully saturated rings. The molecule has 5 rings (SSSR count). The fraction of sp³-hybridized carbons (Fsp3) is 0.655. The van der Waals surface area contributed by atoms with Gasteiger partial charge in [0, 0.05) is 38.2 Å². The Labute approximate surface area is 226 Å². The van der Waals surface area contributed by atoms with E-state index in [0.29, 0.717) is 30.0 Å². The number of carbonyl (C=O) groups is 1. The van der Waals surface area contributed by atoms with Crippen molar-refractivity contribution in [1.29, 1.82) is 5.26 Å². The second kappa shape index (κ2) is 12.1. The van der Waals surface area contributed by atoms with E-state index in [1.54, 1.807) is 12.4 Å². The van der Waals surface area contributed by atoms with Crippen LogP contribution >= 0.6 is 0 Å². The van der Waals surface area contributed by atoms with Gasteiger partial charge in [-0.1, -0.05) is 51.4 Å². The summed E-state index contributed by atoms with van der Waals surface area (Å²) >= 11 is 0. The molecule has 1 aliphatic carbocycles. The number of amides is 1. The van der Waals surface area contributed by atoms with Crippen molar-refractivity contribution in [2.75, 3.05) is 40.9 Å². The highest BCUT2D eigenvalue weighted by Gasteiger charge is 2.46. The predicted molar refractivity (Wildman–Crippen MR) is 151 cm³/mol. The molecule has 1 atom stereocenters. The molecule has 38 heavy (non-hydrogen) atoms. The van der Waals surface area contributed by atoms with E-state index >= 15 is 0 Å².